The minimum Gasteiger partial charge on any atom is -0.481 e. The monoisotopic (exact) mass is 449 g/mol. The summed E-state index contributed by atoms with van der Waals surface area (Å²) in [7, 11) is 4.78. The lowest BCUT2D eigenvalue weighted by Gasteiger charge is -2.22. The Labute approximate surface area is 188 Å². The van der Waals surface area contributed by atoms with Crippen molar-refractivity contribution in [3.05, 3.63) is 65.9 Å². The Bertz CT molecular complexity index is 838. The van der Waals surface area contributed by atoms with Gasteiger partial charge in [0.2, 0.25) is 5.88 Å². The molecule has 0 bridgehead atoms. The van der Waals surface area contributed by atoms with Gasteiger partial charge >= 0.3 is 6.03 Å². The third-order valence-corrected chi connectivity index (χ3v) is 4.61. The predicted molar refractivity (Wildman–Crippen MR) is 123 cm³/mol. The fraction of sp³-hybridized carbons (Fsp3) is 0.391. The summed E-state index contributed by atoms with van der Waals surface area (Å²) in [6.45, 7) is 2.87. The van der Waals surface area contributed by atoms with Crippen LogP contribution in [0.1, 0.15) is 25.0 Å². The molecule has 1 heterocycles. The van der Waals surface area contributed by atoms with E-state index in [0.717, 1.165) is 18.1 Å². The topological polar surface area (TPSA) is 92.5 Å². The Morgan fingerprint density at radius 1 is 1.28 bits per heavy atom. The van der Waals surface area contributed by atoms with Gasteiger partial charge in [0, 0.05) is 38.8 Å². The van der Waals surface area contributed by atoms with Gasteiger partial charge in [0.15, 0.2) is 0 Å². The van der Waals surface area contributed by atoms with Crippen molar-refractivity contribution in [2.75, 3.05) is 27.7 Å². The molecule has 1 aromatic heterocycles. The second-order valence-corrected chi connectivity index (χ2v) is 7.23. The van der Waals surface area contributed by atoms with Gasteiger partial charge in [-0.15, -0.1) is 0 Å². The third-order valence-electron chi connectivity index (χ3n) is 4.61. The number of hydrogen-bond acceptors (Lipinski definition) is 5. The molecule has 9 heteroatoms. The zero-order valence-electron chi connectivity index (χ0n) is 19.2. The number of benzene rings is 1. The smallest absolute Gasteiger partial charge is 0.314 e. The molecule has 0 aliphatic carbocycles. The Balaban J connectivity index is 0.000000533. The molecule has 4 N–H and O–H groups in total. The predicted octanol–water partition coefficient (Wildman–Crippen LogP) is 3.69. The minimum atomic E-state index is -2.81. The zero-order valence-corrected chi connectivity index (χ0v) is 19.2. The maximum Gasteiger partial charge on any atom is 0.314 e. The van der Waals surface area contributed by atoms with E-state index in [1.807, 2.05) is 36.4 Å². The number of hydrazine groups is 1. The van der Waals surface area contributed by atoms with Crippen molar-refractivity contribution in [1.82, 2.24) is 20.6 Å². The summed E-state index contributed by atoms with van der Waals surface area (Å²) < 4.78 is 31.6. The van der Waals surface area contributed by atoms with Crippen molar-refractivity contribution in [1.29, 1.82) is 0 Å². The molecule has 1 atom stereocenters. The van der Waals surface area contributed by atoms with Gasteiger partial charge in [-0.05, 0) is 30.5 Å². The molecule has 1 unspecified atom stereocenters. The summed E-state index contributed by atoms with van der Waals surface area (Å²) >= 11 is 0. The van der Waals surface area contributed by atoms with Crippen molar-refractivity contribution in [3.63, 3.8) is 0 Å². The van der Waals surface area contributed by atoms with Crippen molar-refractivity contribution < 1.29 is 18.3 Å². The summed E-state index contributed by atoms with van der Waals surface area (Å²) in [5.41, 5.74) is 2.33. The van der Waals surface area contributed by atoms with Crippen molar-refractivity contribution in [2.24, 2.45) is 11.8 Å². The van der Waals surface area contributed by atoms with Crippen LogP contribution in [-0.4, -0.2) is 49.7 Å². The lowest BCUT2D eigenvalue weighted by Crippen LogP contribution is -2.33. The van der Waals surface area contributed by atoms with E-state index in [4.69, 9.17) is 10.6 Å². The number of hydrogen-bond donors (Lipinski definition) is 3. The molecule has 176 valence electrons. The third kappa shape index (κ3) is 9.74. The van der Waals surface area contributed by atoms with Crippen molar-refractivity contribution >= 4 is 11.7 Å². The number of alkyl halides is 2. The Hall–Kier alpha value is -3.20. The number of carbonyl (C=O) groups excluding carboxylic acids is 1. The van der Waals surface area contributed by atoms with Crippen LogP contribution >= 0.6 is 0 Å². The number of methoxy groups -OCH3 is 1. The number of nitrogens with one attached hydrogen (secondary N) is 2. The highest BCUT2D eigenvalue weighted by Gasteiger charge is 2.29. The second-order valence-electron chi connectivity index (χ2n) is 7.23. The van der Waals surface area contributed by atoms with Gasteiger partial charge in [0.1, 0.15) is 0 Å². The molecule has 0 radical (unpaired) electrons. The van der Waals surface area contributed by atoms with Gasteiger partial charge in [-0.3, -0.25) is 0 Å². The van der Waals surface area contributed by atoms with E-state index in [-0.39, 0.29) is 6.03 Å². The molecule has 0 aliphatic rings. The van der Waals surface area contributed by atoms with Crippen LogP contribution in [0.4, 0.5) is 13.6 Å². The van der Waals surface area contributed by atoms with Crippen LogP contribution in [0.5, 0.6) is 5.88 Å². The number of halogens is 2. The molecule has 7 nitrogen and oxygen atoms in total. The fourth-order valence-electron chi connectivity index (χ4n) is 2.52. The standard InChI is InChI=1S/C17H26F2N4O.C6H7NO/c1-12(17(2,18)19)11-15(23(4)20)14-7-5-13(6-8-14)9-10-22-16(24)21-3;1-8-6-4-2-3-5-7-6/h5-8,11-12H,9-10,20H2,1-4H3,(H2,21,22,24);2-5H,1H3/b15-11-;. The highest BCUT2D eigenvalue weighted by molar-refractivity contribution is 5.73. The van der Waals surface area contributed by atoms with Crippen LogP contribution in [-0.2, 0) is 6.42 Å². The van der Waals surface area contributed by atoms with E-state index < -0.39 is 11.8 Å². The first-order valence-electron chi connectivity index (χ1n) is 10.2. The molecule has 0 saturated heterocycles. The SMILES string of the molecule is CNC(=O)NCCc1ccc(/C(=C/C(C)C(C)(F)F)N(C)N)cc1.COc1ccccn1. The van der Waals surface area contributed by atoms with E-state index >= 15 is 0 Å². The number of rotatable bonds is 8. The van der Waals surface area contributed by atoms with Gasteiger partial charge in [-0.25, -0.2) is 24.4 Å². The Morgan fingerprint density at radius 2 is 1.94 bits per heavy atom. The molecular weight excluding hydrogens is 416 g/mol. The number of nitrogens with zero attached hydrogens (tertiary/aromatic N) is 2. The molecular formula is C23H33F2N5O2. The summed E-state index contributed by atoms with van der Waals surface area (Å²) in [5, 5.41) is 6.52. The molecule has 0 saturated carbocycles. The first-order valence-corrected chi connectivity index (χ1v) is 10.2. The van der Waals surface area contributed by atoms with Gasteiger partial charge in [-0.2, -0.15) is 0 Å². The van der Waals surface area contributed by atoms with Crippen LogP contribution < -0.4 is 21.2 Å². The lowest BCUT2D eigenvalue weighted by atomic mass is 10.00. The highest BCUT2D eigenvalue weighted by Crippen LogP contribution is 2.28. The van der Waals surface area contributed by atoms with Crippen LogP contribution in [0.2, 0.25) is 0 Å². The summed E-state index contributed by atoms with van der Waals surface area (Å²) in [4.78, 5) is 15.0. The highest BCUT2D eigenvalue weighted by atomic mass is 19.3. The van der Waals surface area contributed by atoms with E-state index in [1.165, 1.54) is 18.0 Å². The molecule has 0 fully saturated rings. The molecule has 32 heavy (non-hydrogen) atoms. The molecule has 2 aromatic rings. The minimum absolute atomic E-state index is 0.226. The normalized spacial score (nSPS) is 12.2. The fourth-order valence-corrected chi connectivity index (χ4v) is 2.52. The van der Waals surface area contributed by atoms with E-state index in [2.05, 4.69) is 15.6 Å². The van der Waals surface area contributed by atoms with Gasteiger partial charge in [0.25, 0.3) is 5.92 Å². The summed E-state index contributed by atoms with van der Waals surface area (Å²) in [5.74, 6) is 2.70. The average Bonchev–Trinajstić information content (AvgIpc) is 2.77. The van der Waals surface area contributed by atoms with Crippen LogP contribution in [0.25, 0.3) is 5.70 Å². The number of aromatic nitrogens is 1. The molecule has 2 rings (SSSR count). The number of ether oxygens (including phenoxy) is 1. The lowest BCUT2D eigenvalue weighted by molar-refractivity contribution is -0.0143. The molecule has 2 amide bonds. The van der Waals surface area contributed by atoms with Crippen LogP contribution in [0.3, 0.4) is 0 Å². The van der Waals surface area contributed by atoms with Crippen molar-refractivity contribution in [2.45, 2.75) is 26.2 Å². The van der Waals surface area contributed by atoms with E-state index in [1.54, 1.807) is 33.5 Å². The van der Waals surface area contributed by atoms with Gasteiger partial charge in [-0.1, -0.05) is 43.3 Å². The van der Waals surface area contributed by atoms with Gasteiger partial charge < -0.3 is 20.4 Å². The maximum absolute atomic E-state index is 13.4. The number of allylic oxidation sites excluding steroid dienone is 1. The van der Waals surface area contributed by atoms with Gasteiger partial charge in [0.05, 0.1) is 12.8 Å². The van der Waals surface area contributed by atoms with Crippen LogP contribution in [0.15, 0.2) is 54.7 Å². The van der Waals surface area contributed by atoms with Crippen LogP contribution in [0, 0.1) is 5.92 Å². The van der Waals surface area contributed by atoms with E-state index in [9.17, 15) is 13.6 Å². The number of carbonyl (C=O) groups is 1. The molecule has 0 aliphatic heterocycles. The zero-order chi connectivity index (χ0) is 24.1. The first-order chi connectivity index (χ1) is 15.1. The largest absolute Gasteiger partial charge is 0.481 e. The number of urea groups is 1. The second kappa shape index (κ2) is 13.3. The Kier molecular flexibility index (Phi) is 11.1. The number of nitrogens with two attached hydrogens (primary N) is 1. The van der Waals surface area contributed by atoms with Crippen molar-refractivity contribution in [3.8, 4) is 5.88 Å². The Morgan fingerprint density at radius 3 is 2.38 bits per heavy atom. The first kappa shape index (κ1) is 26.8. The summed E-state index contributed by atoms with van der Waals surface area (Å²) in [6, 6.07) is 12.8. The molecule has 0 spiro atoms. The van der Waals surface area contributed by atoms with E-state index in [0.29, 0.717) is 24.5 Å². The average molecular weight is 450 g/mol. The number of pyridine rings is 1. The quantitative estimate of drug-likeness (QED) is 0.422. The molecule has 1 aromatic carbocycles. The number of amides is 2. The summed E-state index contributed by atoms with van der Waals surface area (Å²) in [6.07, 6.45) is 3.84. The maximum atomic E-state index is 13.4.